The van der Waals surface area contributed by atoms with Crippen LogP contribution >= 0.6 is 0 Å². The Kier molecular flexibility index (Phi) is 6.68. The quantitative estimate of drug-likeness (QED) is 0.694. The first kappa shape index (κ1) is 16.3. The van der Waals surface area contributed by atoms with E-state index in [1.165, 1.54) is 12.1 Å². The molecule has 6 heteroatoms. The van der Waals surface area contributed by atoms with Crippen LogP contribution in [0.4, 0.5) is 4.39 Å². The third kappa shape index (κ3) is 5.04. The van der Waals surface area contributed by atoms with Gasteiger partial charge in [-0.05, 0) is 42.0 Å². The van der Waals surface area contributed by atoms with Crippen LogP contribution in [0.15, 0.2) is 53.4 Å². The molecule has 1 atom stereocenters. The number of hydrogen-bond donors (Lipinski definition) is 1. The van der Waals surface area contributed by atoms with Crippen molar-refractivity contribution in [1.29, 1.82) is 0 Å². The van der Waals surface area contributed by atoms with Gasteiger partial charge < -0.3 is 9.29 Å². The molecule has 0 bridgehead atoms. The van der Waals surface area contributed by atoms with Crippen LogP contribution in [-0.4, -0.2) is 38.3 Å². The van der Waals surface area contributed by atoms with Crippen LogP contribution in [0.3, 0.4) is 0 Å². The fourth-order valence-electron chi connectivity index (χ4n) is 1.40. The second kappa shape index (κ2) is 7.77. The first-order valence-electron chi connectivity index (χ1n) is 5.23. The van der Waals surface area contributed by atoms with Gasteiger partial charge in [0.2, 0.25) is 0 Å². The molecule has 1 unspecified atom stereocenters. The first-order chi connectivity index (χ1) is 8.65. The van der Waals surface area contributed by atoms with Crippen molar-refractivity contribution in [3.8, 4) is 5.75 Å². The molecule has 2 rings (SSSR count). The molecule has 19 heavy (non-hydrogen) atoms. The molecule has 96 valence electrons. The maximum atomic E-state index is 12.7. The maximum absolute atomic E-state index is 12.7. The summed E-state index contributed by atoms with van der Waals surface area (Å²) < 4.78 is 37.7. The van der Waals surface area contributed by atoms with Gasteiger partial charge in [-0.3, -0.25) is 0 Å². The second-order valence-corrected chi connectivity index (χ2v) is 4.61. The van der Waals surface area contributed by atoms with Gasteiger partial charge in [-0.15, -0.1) is 0 Å². The Morgan fingerprint density at radius 2 is 1.63 bits per heavy atom. The van der Waals surface area contributed by atoms with Gasteiger partial charge in [0.1, 0.15) is 18.2 Å². The molecule has 0 heterocycles. The molecule has 3 nitrogen and oxygen atoms in total. The standard InChI is InChI=1S/C13H11FO3S.Na.H/c14-11-3-5-12(6-4-11)17-9-10-1-7-13(8-2-10)18(15)16;;/h1-8H,9H2,(H,15,16);;. The molecule has 2 aromatic rings. The minimum atomic E-state index is -1.96. The van der Waals surface area contributed by atoms with Gasteiger partial charge in [0.25, 0.3) is 0 Å². The van der Waals surface area contributed by atoms with Crippen molar-refractivity contribution < 1.29 is 17.9 Å². The number of benzene rings is 2. The van der Waals surface area contributed by atoms with E-state index in [2.05, 4.69) is 0 Å². The van der Waals surface area contributed by atoms with Crippen LogP contribution < -0.4 is 4.74 Å². The molecule has 0 saturated heterocycles. The summed E-state index contributed by atoms with van der Waals surface area (Å²) in [6.45, 7) is 0.323. The summed E-state index contributed by atoms with van der Waals surface area (Å²) in [4.78, 5) is 0.348. The Labute approximate surface area is 135 Å². The molecule has 0 aliphatic rings. The summed E-state index contributed by atoms with van der Waals surface area (Å²) in [5.41, 5.74) is 0.869. The van der Waals surface area contributed by atoms with Crippen molar-refractivity contribution in [2.75, 3.05) is 0 Å². The average molecular weight is 290 g/mol. The van der Waals surface area contributed by atoms with Crippen LogP contribution in [0.5, 0.6) is 5.75 Å². The number of halogens is 1. The SMILES string of the molecule is O=S(O)c1ccc(COc2ccc(F)cc2)cc1.[NaH]. The fourth-order valence-corrected chi connectivity index (χ4v) is 1.77. The van der Waals surface area contributed by atoms with E-state index in [1.807, 2.05) is 0 Å². The predicted octanol–water partition coefficient (Wildman–Crippen LogP) is 2.34. The Bertz CT molecular complexity index is 543. The van der Waals surface area contributed by atoms with E-state index in [0.29, 0.717) is 17.3 Å². The molecule has 0 spiro atoms. The van der Waals surface area contributed by atoms with Crippen molar-refractivity contribution in [1.82, 2.24) is 0 Å². The predicted molar refractivity (Wildman–Crippen MR) is 73.4 cm³/mol. The molecule has 0 aliphatic carbocycles. The van der Waals surface area contributed by atoms with Crippen LogP contribution in [0.25, 0.3) is 0 Å². The van der Waals surface area contributed by atoms with Gasteiger partial charge >= 0.3 is 29.6 Å². The Balaban J connectivity index is 0.00000180. The van der Waals surface area contributed by atoms with Crippen molar-refractivity contribution >= 4 is 40.6 Å². The van der Waals surface area contributed by atoms with Crippen molar-refractivity contribution in [3.05, 3.63) is 59.9 Å². The number of ether oxygens (including phenoxy) is 1. The van der Waals surface area contributed by atoms with Crippen LogP contribution in [0.2, 0.25) is 0 Å². The normalized spacial score (nSPS) is 11.5. The van der Waals surface area contributed by atoms with Gasteiger partial charge in [-0.2, -0.15) is 0 Å². The van der Waals surface area contributed by atoms with E-state index in [1.54, 1.807) is 36.4 Å². The Hall–Kier alpha value is -0.720. The summed E-state index contributed by atoms with van der Waals surface area (Å²) in [7, 11) is 0. The second-order valence-electron chi connectivity index (χ2n) is 3.64. The third-order valence-corrected chi connectivity index (χ3v) is 3.02. The van der Waals surface area contributed by atoms with Gasteiger partial charge in [0.15, 0.2) is 11.1 Å². The Morgan fingerprint density at radius 3 is 2.16 bits per heavy atom. The molecule has 1 N–H and O–H groups in total. The summed E-state index contributed by atoms with van der Waals surface area (Å²) >= 11 is -1.96. The molecular weight excluding hydrogens is 278 g/mol. The van der Waals surface area contributed by atoms with E-state index in [9.17, 15) is 8.60 Å². The van der Waals surface area contributed by atoms with E-state index >= 15 is 0 Å². The third-order valence-electron chi connectivity index (χ3n) is 2.34. The zero-order chi connectivity index (χ0) is 13.0. The number of rotatable bonds is 4. The number of hydrogen-bond acceptors (Lipinski definition) is 2. The van der Waals surface area contributed by atoms with Crippen LogP contribution in [0, 0.1) is 5.82 Å². The van der Waals surface area contributed by atoms with Crippen LogP contribution in [-0.2, 0) is 17.7 Å². The topological polar surface area (TPSA) is 46.5 Å². The van der Waals surface area contributed by atoms with Crippen LogP contribution in [0.1, 0.15) is 5.56 Å². The molecule has 0 aromatic heterocycles. The van der Waals surface area contributed by atoms with Gasteiger partial charge in [0, 0.05) is 0 Å². The van der Waals surface area contributed by atoms with Crippen molar-refractivity contribution in [2.24, 2.45) is 0 Å². The van der Waals surface area contributed by atoms with Gasteiger partial charge in [-0.25, -0.2) is 8.60 Å². The molecule has 0 saturated carbocycles. The molecule has 0 fully saturated rings. The monoisotopic (exact) mass is 290 g/mol. The van der Waals surface area contributed by atoms with Crippen molar-refractivity contribution in [3.63, 3.8) is 0 Å². The first-order valence-corrected chi connectivity index (χ1v) is 6.34. The van der Waals surface area contributed by atoms with E-state index in [4.69, 9.17) is 9.29 Å². The van der Waals surface area contributed by atoms with E-state index in [-0.39, 0.29) is 35.4 Å². The average Bonchev–Trinajstić information content (AvgIpc) is 2.38. The molecule has 0 aliphatic heterocycles. The van der Waals surface area contributed by atoms with Gasteiger partial charge in [0.05, 0.1) is 4.90 Å². The summed E-state index contributed by atoms with van der Waals surface area (Å²) in [5, 5.41) is 0. The molecular formula is C13H12FNaO3S. The summed E-state index contributed by atoms with van der Waals surface area (Å²) in [6, 6.07) is 12.3. The minimum absolute atomic E-state index is 0. The molecule has 2 aromatic carbocycles. The van der Waals surface area contributed by atoms with E-state index in [0.717, 1.165) is 5.56 Å². The zero-order valence-electron chi connectivity index (χ0n) is 9.38. The molecule has 0 amide bonds. The fraction of sp³-hybridized carbons (Fsp3) is 0.0769. The van der Waals surface area contributed by atoms with E-state index < -0.39 is 11.1 Å². The zero-order valence-corrected chi connectivity index (χ0v) is 10.2. The van der Waals surface area contributed by atoms with Gasteiger partial charge in [-0.1, -0.05) is 12.1 Å². The Morgan fingerprint density at radius 1 is 1.05 bits per heavy atom. The molecule has 0 radical (unpaired) electrons. The summed E-state index contributed by atoms with van der Waals surface area (Å²) in [6.07, 6.45) is 0. The summed E-state index contributed by atoms with van der Waals surface area (Å²) in [5.74, 6) is 0.267. The van der Waals surface area contributed by atoms with Crippen molar-refractivity contribution in [2.45, 2.75) is 11.5 Å².